The van der Waals surface area contributed by atoms with Crippen LogP contribution in [-0.4, -0.2) is 17.0 Å². The number of anilines is 1. The summed E-state index contributed by atoms with van der Waals surface area (Å²) in [6.07, 6.45) is -4.14. The quantitative estimate of drug-likeness (QED) is 0.670. The minimum absolute atomic E-state index is 0.114. The number of methoxy groups -OCH3 is 1. The second kappa shape index (κ2) is 6.51. The number of nitrogens with one attached hydrogen (secondary N) is 1. The first kappa shape index (κ1) is 16.5. The molecule has 0 aliphatic carbocycles. The molecule has 23 heavy (non-hydrogen) atoms. The van der Waals surface area contributed by atoms with Crippen molar-refractivity contribution in [1.29, 1.82) is 0 Å². The van der Waals surface area contributed by atoms with Gasteiger partial charge in [0.1, 0.15) is 5.75 Å². The van der Waals surface area contributed by atoms with Crippen molar-refractivity contribution in [3.8, 4) is 5.75 Å². The molecule has 0 aliphatic heterocycles. The summed E-state index contributed by atoms with van der Waals surface area (Å²) >= 11 is 0. The summed E-state index contributed by atoms with van der Waals surface area (Å²) < 4.78 is 43.0. The van der Waals surface area contributed by atoms with Gasteiger partial charge in [-0.15, -0.1) is 0 Å². The first-order valence-electron chi connectivity index (χ1n) is 6.40. The molecule has 0 aliphatic rings. The lowest BCUT2D eigenvalue weighted by Crippen LogP contribution is -2.10. The van der Waals surface area contributed by atoms with Crippen LogP contribution >= 0.6 is 0 Å². The van der Waals surface area contributed by atoms with Gasteiger partial charge in [-0.25, -0.2) is 4.98 Å². The van der Waals surface area contributed by atoms with Gasteiger partial charge >= 0.3 is 11.9 Å². The molecular formula is C14H12F3N3O3. The van der Waals surface area contributed by atoms with E-state index in [-0.39, 0.29) is 12.4 Å². The van der Waals surface area contributed by atoms with E-state index in [4.69, 9.17) is 4.74 Å². The zero-order valence-electron chi connectivity index (χ0n) is 11.9. The molecule has 2 rings (SSSR count). The zero-order chi connectivity index (χ0) is 17.0. The normalized spacial score (nSPS) is 11.1. The Morgan fingerprint density at radius 1 is 1.35 bits per heavy atom. The van der Waals surface area contributed by atoms with Gasteiger partial charge in [0.25, 0.3) is 0 Å². The third-order valence-corrected chi connectivity index (χ3v) is 3.03. The fraction of sp³-hybridized carbons (Fsp3) is 0.214. The molecule has 1 aromatic carbocycles. The summed E-state index contributed by atoms with van der Waals surface area (Å²) in [6.45, 7) is 0.114. The van der Waals surface area contributed by atoms with Gasteiger partial charge in [0.15, 0.2) is 0 Å². The number of pyridine rings is 1. The van der Waals surface area contributed by atoms with E-state index >= 15 is 0 Å². The Morgan fingerprint density at radius 2 is 2.04 bits per heavy atom. The van der Waals surface area contributed by atoms with Gasteiger partial charge in [0.2, 0.25) is 5.82 Å². The number of para-hydroxylation sites is 1. The number of rotatable bonds is 5. The second-order valence-electron chi connectivity index (χ2n) is 4.51. The van der Waals surface area contributed by atoms with Crippen LogP contribution in [0.2, 0.25) is 0 Å². The number of hydrogen-bond donors (Lipinski definition) is 1. The summed E-state index contributed by atoms with van der Waals surface area (Å²) in [5.41, 5.74) is -1.23. The molecule has 1 N–H and O–H groups in total. The smallest absolute Gasteiger partial charge is 0.418 e. The topological polar surface area (TPSA) is 77.3 Å². The van der Waals surface area contributed by atoms with Crippen molar-refractivity contribution < 1.29 is 22.8 Å². The van der Waals surface area contributed by atoms with E-state index in [9.17, 15) is 23.3 Å². The molecule has 1 heterocycles. The van der Waals surface area contributed by atoms with E-state index in [0.29, 0.717) is 23.6 Å². The third kappa shape index (κ3) is 3.87. The van der Waals surface area contributed by atoms with E-state index in [1.807, 2.05) is 0 Å². The Bertz CT molecular complexity index is 720. The van der Waals surface area contributed by atoms with Crippen LogP contribution in [0.25, 0.3) is 0 Å². The number of nitrogens with zero attached hydrogens (tertiary/aromatic N) is 2. The monoisotopic (exact) mass is 327 g/mol. The molecular weight excluding hydrogens is 315 g/mol. The summed E-state index contributed by atoms with van der Waals surface area (Å²) in [5.74, 6) is 0.309. The summed E-state index contributed by atoms with van der Waals surface area (Å²) in [5, 5.41) is 13.6. The average molecular weight is 327 g/mol. The Kier molecular flexibility index (Phi) is 4.68. The number of alkyl halides is 3. The highest BCUT2D eigenvalue weighted by Crippen LogP contribution is 2.33. The van der Waals surface area contributed by atoms with Gasteiger partial charge in [-0.2, -0.15) is 13.2 Å². The third-order valence-electron chi connectivity index (χ3n) is 3.03. The van der Waals surface area contributed by atoms with E-state index in [1.54, 1.807) is 24.3 Å². The van der Waals surface area contributed by atoms with E-state index in [2.05, 4.69) is 10.3 Å². The van der Waals surface area contributed by atoms with Gasteiger partial charge in [-0.05, 0) is 6.07 Å². The fourth-order valence-corrected chi connectivity index (χ4v) is 1.91. The van der Waals surface area contributed by atoms with Crippen LogP contribution in [0, 0.1) is 10.1 Å². The molecule has 0 atom stereocenters. The van der Waals surface area contributed by atoms with E-state index in [0.717, 1.165) is 0 Å². The van der Waals surface area contributed by atoms with E-state index < -0.39 is 22.4 Å². The number of nitro groups is 1. The Labute approximate surface area is 129 Å². The maximum Gasteiger partial charge on any atom is 0.418 e. The van der Waals surface area contributed by atoms with Crippen molar-refractivity contribution in [1.82, 2.24) is 4.98 Å². The largest absolute Gasteiger partial charge is 0.496 e. The lowest BCUT2D eigenvalue weighted by molar-refractivity contribution is -0.384. The molecule has 2 aromatic rings. The predicted molar refractivity (Wildman–Crippen MR) is 76.2 cm³/mol. The molecule has 0 fully saturated rings. The van der Waals surface area contributed by atoms with Crippen LogP contribution in [0.4, 0.5) is 24.7 Å². The number of ether oxygens (including phenoxy) is 1. The minimum Gasteiger partial charge on any atom is -0.496 e. The number of halogens is 3. The fourth-order valence-electron chi connectivity index (χ4n) is 1.91. The standard InChI is InChI=1S/C14H12F3N3O3/c1-23-12-5-3-2-4-9(12)7-18-13-11(20(21)22)6-10(8-19-13)14(15,16)17/h2-6,8H,7H2,1H3,(H,18,19). The number of benzene rings is 1. The molecule has 0 amide bonds. The van der Waals surface area contributed by atoms with Crippen LogP contribution in [0.3, 0.4) is 0 Å². The van der Waals surface area contributed by atoms with Crippen LogP contribution in [0.15, 0.2) is 36.5 Å². The molecule has 0 saturated heterocycles. The van der Waals surface area contributed by atoms with Crippen molar-refractivity contribution in [2.24, 2.45) is 0 Å². The Balaban J connectivity index is 2.27. The number of hydrogen-bond acceptors (Lipinski definition) is 5. The second-order valence-corrected chi connectivity index (χ2v) is 4.51. The minimum atomic E-state index is -4.70. The summed E-state index contributed by atoms with van der Waals surface area (Å²) in [4.78, 5) is 13.6. The van der Waals surface area contributed by atoms with Crippen molar-refractivity contribution in [3.63, 3.8) is 0 Å². The molecule has 0 spiro atoms. The maximum absolute atomic E-state index is 12.6. The van der Waals surface area contributed by atoms with Gasteiger partial charge in [-0.3, -0.25) is 10.1 Å². The van der Waals surface area contributed by atoms with Crippen molar-refractivity contribution in [2.75, 3.05) is 12.4 Å². The van der Waals surface area contributed by atoms with Crippen molar-refractivity contribution in [2.45, 2.75) is 12.7 Å². The van der Waals surface area contributed by atoms with Crippen molar-refractivity contribution in [3.05, 3.63) is 57.8 Å². The van der Waals surface area contributed by atoms with Gasteiger partial charge < -0.3 is 10.1 Å². The molecule has 122 valence electrons. The predicted octanol–water partition coefficient (Wildman–Crippen LogP) is 3.63. The average Bonchev–Trinajstić information content (AvgIpc) is 2.52. The highest BCUT2D eigenvalue weighted by Gasteiger charge is 2.33. The molecule has 1 aromatic heterocycles. The maximum atomic E-state index is 12.6. The Hall–Kier alpha value is -2.84. The first-order chi connectivity index (χ1) is 10.8. The Morgan fingerprint density at radius 3 is 2.65 bits per heavy atom. The van der Waals surface area contributed by atoms with Gasteiger partial charge in [-0.1, -0.05) is 18.2 Å². The first-order valence-corrected chi connectivity index (χ1v) is 6.40. The van der Waals surface area contributed by atoms with Crippen LogP contribution < -0.4 is 10.1 Å². The molecule has 0 saturated carbocycles. The number of aromatic nitrogens is 1. The lowest BCUT2D eigenvalue weighted by Gasteiger charge is -2.11. The molecule has 6 nitrogen and oxygen atoms in total. The molecule has 0 bridgehead atoms. The summed E-state index contributed by atoms with van der Waals surface area (Å²) in [7, 11) is 1.47. The van der Waals surface area contributed by atoms with Crippen LogP contribution in [0.5, 0.6) is 5.75 Å². The van der Waals surface area contributed by atoms with Crippen LogP contribution in [-0.2, 0) is 12.7 Å². The summed E-state index contributed by atoms with van der Waals surface area (Å²) in [6, 6.07) is 7.38. The highest BCUT2D eigenvalue weighted by molar-refractivity contribution is 5.57. The molecule has 9 heteroatoms. The van der Waals surface area contributed by atoms with Crippen LogP contribution in [0.1, 0.15) is 11.1 Å². The SMILES string of the molecule is COc1ccccc1CNc1ncc(C(F)(F)F)cc1[N+](=O)[O-]. The molecule has 0 radical (unpaired) electrons. The van der Waals surface area contributed by atoms with Gasteiger partial charge in [0, 0.05) is 24.4 Å². The highest BCUT2D eigenvalue weighted by atomic mass is 19.4. The van der Waals surface area contributed by atoms with Gasteiger partial charge in [0.05, 0.1) is 17.6 Å². The van der Waals surface area contributed by atoms with Crippen molar-refractivity contribution >= 4 is 11.5 Å². The van der Waals surface area contributed by atoms with E-state index in [1.165, 1.54) is 7.11 Å². The zero-order valence-corrected chi connectivity index (χ0v) is 11.9. The lowest BCUT2D eigenvalue weighted by atomic mass is 10.2. The molecule has 0 unspecified atom stereocenters.